The van der Waals surface area contributed by atoms with Crippen LogP contribution >= 0.6 is 0 Å². The van der Waals surface area contributed by atoms with E-state index in [1.807, 2.05) is 0 Å². The number of hydrogen-bond donors (Lipinski definition) is 4. The van der Waals surface area contributed by atoms with Crippen molar-refractivity contribution in [3.63, 3.8) is 0 Å². The maximum atomic E-state index is 10.8. The number of Topliss-reactive ketones (excluding diaryl/α,β-unsaturated/α-hetero) is 1. The first kappa shape index (κ1) is 10.1. The Bertz CT molecular complexity index is 258. The highest BCUT2D eigenvalue weighted by molar-refractivity contribution is 5.90. The highest BCUT2D eigenvalue weighted by atomic mass is 16.5. The van der Waals surface area contributed by atoms with Gasteiger partial charge in [-0.25, -0.2) is 4.79 Å². The normalized spacial score (nSPS) is 33.0. The van der Waals surface area contributed by atoms with Gasteiger partial charge in [-0.05, 0) is 0 Å². The third-order valence-electron chi connectivity index (χ3n) is 2.22. The van der Waals surface area contributed by atoms with Crippen molar-refractivity contribution >= 4 is 11.8 Å². The second-order valence-corrected chi connectivity index (χ2v) is 3.20. The second kappa shape index (κ2) is 2.76. The Balaban J connectivity index is 3.02. The van der Waals surface area contributed by atoms with Crippen LogP contribution in [0.1, 0.15) is 19.3 Å². The van der Waals surface area contributed by atoms with Gasteiger partial charge in [-0.15, -0.1) is 0 Å². The Morgan fingerprint density at radius 3 is 2.23 bits per heavy atom. The fourth-order valence-corrected chi connectivity index (χ4v) is 1.28. The van der Waals surface area contributed by atoms with Crippen molar-refractivity contribution in [2.75, 3.05) is 0 Å². The largest absolute Gasteiger partial charge is 0.479 e. The van der Waals surface area contributed by atoms with E-state index in [9.17, 15) is 14.7 Å². The number of carbonyl (C=O) groups excluding carboxylic acids is 1. The summed E-state index contributed by atoms with van der Waals surface area (Å²) in [5.41, 5.74) is -2.78. The zero-order valence-corrected chi connectivity index (χ0v) is 6.73. The van der Waals surface area contributed by atoms with Crippen molar-refractivity contribution in [1.29, 1.82) is 0 Å². The summed E-state index contributed by atoms with van der Waals surface area (Å²) in [4.78, 5) is 21.3. The van der Waals surface area contributed by atoms with Crippen molar-refractivity contribution in [1.82, 2.24) is 0 Å². The molecule has 0 spiro atoms. The van der Waals surface area contributed by atoms with Crippen LogP contribution in [-0.2, 0) is 9.59 Å². The van der Waals surface area contributed by atoms with Gasteiger partial charge in [0.1, 0.15) is 5.78 Å². The number of aliphatic hydroxyl groups is 3. The number of carboxylic acid groups (broad SMARTS) is 1. The van der Waals surface area contributed by atoms with E-state index in [1.54, 1.807) is 0 Å². The third kappa shape index (κ3) is 1.43. The molecule has 1 atom stereocenters. The van der Waals surface area contributed by atoms with Crippen LogP contribution in [0.3, 0.4) is 0 Å². The van der Waals surface area contributed by atoms with Gasteiger partial charge in [-0.3, -0.25) is 4.79 Å². The minimum Gasteiger partial charge on any atom is -0.479 e. The molecule has 0 amide bonds. The van der Waals surface area contributed by atoms with Crippen LogP contribution in [0.2, 0.25) is 0 Å². The first-order valence-electron chi connectivity index (χ1n) is 3.72. The molecule has 0 radical (unpaired) electrons. The summed E-state index contributed by atoms with van der Waals surface area (Å²) < 4.78 is 0. The fourth-order valence-electron chi connectivity index (χ4n) is 1.28. The fraction of sp³-hybridized carbons (Fsp3) is 0.714. The summed E-state index contributed by atoms with van der Waals surface area (Å²) >= 11 is 0. The molecule has 13 heavy (non-hydrogen) atoms. The lowest BCUT2D eigenvalue weighted by Gasteiger charge is -2.38. The summed E-state index contributed by atoms with van der Waals surface area (Å²) in [6, 6.07) is 0. The molecule has 1 saturated carbocycles. The molecule has 74 valence electrons. The van der Waals surface area contributed by atoms with E-state index < -0.39 is 36.0 Å². The van der Waals surface area contributed by atoms with Crippen molar-refractivity contribution in [2.45, 2.75) is 30.7 Å². The monoisotopic (exact) mass is 190 g/mol. The molecule has 4 N–H and O–H groups in total. The Morgan fingerprint density at radius 2 is 1.85 bits per heavy atom. The van der Waals surface area contributed by atoms with Crippen molar-refractivity contribution in [2.24, 2.45) is 0 Å². The SMILES string of the molecule is O=C1CCC(O)(O)C(O)(C(=O)O)C1. The van der Waals surface area contributed by atoms with Crippen LogP contribution in [0.25, 0.3) is 0 Å². The van der Waals surface area contributed by atoms with Gasteiger partial charge in [0.05, 0.1) is 6.42 Å². The smallest absolute Gasteiger partial charge is 0.341 e. The maximum absolute atomic E-state index is 10.8. The molecule has 0 bridgehead atoms. The quantitative estimate of drug-likeness (QED) is 0.364. The highest BCUT2D eigenvalue weighted by Crippen LogP contribution is 2.33. The van der Waals surface area contributed by atoms with E-state index in [0.717, 1.165) is 0 Å². The Hall–Kier alpha value is -0.980. The molecule has 1 aliphatic carbocycles. The standard InChI is InChI=1S/C7H10O6/c8-4-1-2-7(12,13)6(11,3-4)5(9)10/h11-13H,1-3H2,(H,9,10). The van der Waals surface area contributed by atoms with Crippen LogP contribution in [0.5, 0.6) is 0 Å². The molecule has 1 rings (SSSR count). The summed E-state index contributed by atoms with van der Waals surface area (Å²) in [5.74, 6) is -5.03. The molecule has 0 aliphatic heterocycles. The number of carboxylic acids is 1. The molecule has 1 aliphatic rings. The topological polar surface area (TPSA) is 115 Å². The lowest BCUT2D eigenvalue weighted by atomic mass is 9.78. The number of aliphatic carboxylic acids is 1. The number of ketones is 1. The number of carbonyl (C=O) groups is 2. The van der Waals surface area contributed by atoms with Crippen LogP contribution in [-0.4, -0.2) is 43.6 Å². The highest BCUT2D eigenvalue weighted by Gasteiger charge is 2.58. The summed E-state index contributed by atoms with van der Waals surface area (Å²) in [5, 5.41) is 36.2. The third-order valence-corrected chi connectivity index (χ3v) is 2.22. The predicted molar refractivity (Wildman–Crippen MR) is 38.6 cm³/mol. The zero-order chi connectivity index (χ0) is 10.3. The van der Waals surface area contributed by atoms with Crippen LogP contribution in [0.15, 0.2) is 0 Å². The second-order valence-electron chi connectivity index (χ2n) is 3.20. The molecule has 6 heteroatoms. The Labute approximate surface area is 73.4 Å². The molecule has 0 heterocycles. The van der Waals surface area contributed by atoms with Gasteiger partial charge in [0.25, 0.3) is 0 Å². The molecule has 6 nitrogen and oxygen atoms in total. The van der Waals surface area contributed by atoms with E-state index >= 15 is 0 Å². The zero-order valence-electron chi connectivity index (χ0n) is 6.73. The molecule has 1 fully saturated rings. The molecule has 0 saturated heterocycles. The first-order valence-corrected chi connectivity index (χ1v) is 3.72. The van der Waals surface area contributed by atoms with Crippen LogP contribution < -0.4 is 0 Å². The van der Waals surface area contributed by atoms with Gasteiger partial charge in [0.15, 0.2) is 0 Å². The maximum Gasteiger partial charge on any atom is 0.341 e. The van der Waals surface area contributed by atoms with Crippen molar-refractivity contribution < 1.29 is 30.0 Å². The van der Waals surface area contributed by atoms with E-state index in [-0.39, 0.29) is 6.42 Å². The Kier molecular flexibility index (Phi) is 2.15. The van der Waals surface area contributed by atoms with Gasteiger partial charge >= 0.3 is 5.97 Å². The molecule has 1 unspecified atom stereocenters. The van der Waals surface area contributed by atoms with Gasteiger partial charge in [0, 0.05) is 12.8 Å². The molecular formula is C7H10O6. The molecule has 0 aromatic carbocycles. The van der Waals surface area contributed by atoms with Gasteiger partial charge in [0.2, 0.25) is 11.4 Å². The number of rotatable bonds is 1. The number of hydrogen-bond acceptors (Lipinski definition) is 5. The van der Waals surface area contributed by atoms with E-state index in [4.69, 9.17) is 15.3 Å². The summed E-state index contributed by atoms with van der Waals surface area (Å²) in [7, 11) is 0. The van der Waals surface area contributed by atoms with Gasteiger partial charge < -0.3 is 20.4 Å². The van der Waals surface area contributed by atoms with Crippen LogP contribution in [0.4, 0.5) is 0 Å². The van der Waals surface area contributed by atoms with Gasteiger partial charge in [-0.2, -0.15) is 0 Å². The van der Waals surface area contributed by atoms with E-state index in [1.165, 1.54) is 0 Å². The summed E-state index contributed by atoms with van der Waals surface area (Å²) in [6.45, 7) is 0. The lowest BCUT2D eigenvalue weighted by molar-refractivity contribution is -0.281. The minimum absolute atomic E-state index is 0.136. The van der Waals surface area contributed by atoms with Crippen molar-refractivity contribution in [3.8, 4) is 0 Å². The van der Waals surface area contributed by atoms with E-state index in [2.05, 4.69) is 0 Å². The average molecular weight is 190 g/mol. The Morgan fingerprint density at radius 1 is 1.31 bits per heavy atom. The molecular weight excluding hydrogens is 180 g/mol. The average Bonchev–Trinajstić information content (AvgIpc) is 1.98. The summed E-state index contributed by atoms with van der Waals surface area (Å²) in [6.07, 6.45) is -1.37. The molecule has 0 aromatic heterocycles. The molecule has 0 aromatic rings. The predicted octanol–water partition coefficient (Wildman–Crippen LogP) is -1.76. The minimum atomic E-state index is -2.78. The van der Waals surface area contributed by atoms with Crippen LogP contribution in [0, 0.1) is 0 Å². The van der Waals surface area contributed by atoms with Gasteiger partial charge in [-0.1, -0.05) is 0 Å². The van der Waals surface area contributed by atoms with Crippen molar-refractivity contribution in [3.05, 3.63) is 0 Å². The van der Waals surface area contributed by atoms with E-state index in [0.29, 0.717) is 0 Å². The first-order chi connectivity index (χ1) is 5.79. The lowest BCUT2D eigenvalue weighted by Crippen LogP contribution is -2.62.